The molecule has 3 nitrogen and oxygen atoms in total. The van der Waals surface area contributed by atoms with Gasteiger partial charge in [0.15, 0.2) is 0 Å². The molecule has 0 aromatic heterocycles. The Bertz CT molecular complexity index is 536. The fourth-order valence-electron chi connectivity index (χ4n) is 4.17. The van der Waals surface area contributed by atoms with E-state index in [2.05, 4.69) is 45.3 Å². The van der Waals surface area contributed by atoms with Crippen molar-refractivity contribution in [1.82, 2.24) is 10.2 Å². The molecular formula is C17H22BrFN2O. The summed E-state index contributed by atoms with van der Waals surface area (Å²) >= 11 is 3.46. The molecule has 2 heterocycles. The molecule has 1 N–H and O–H groups in total. The number of rotatable bonds is 4. The first-order valence-corrected chi connectivity index (χ1v) is 8.72. The summed E-state index contributed by atoms with van der Waals surface area (Å²) in [5.41, 5.74) is 1.22. The SMILES string of the molecule is CN1C2CCC1C(C(=O)NCCF)C(c1ccc(Br)cc1)C2. The van der Waals surface area contributed by atoms with Gasteiger partial charge in [-0.3, -0.25) is 9.69 Å². The van der Waals surface area contributed by atoms with Gasteiger partial charge >= 0.3 is 0 Å². The fraction of sp³-hybridized carbons (Fsp3) is 0.588. The lowest BCUT2D eigenvalue weighted by Crippen LogP contribution is -2.51. The van der Waals surface area contributed by atoms with E-state index in [-0.39, 0.29) is 30.3 Å². The molecule has 0 aliphatic carbocycles. The quantitative estimate of drug-likeness (QED) is 0.885. The average molecular weight is 369 g/mol. The number of nitrogens with one attached hydrogen (secondary N) is 1. The molecule has 2 saturated heterocycles. The monoisotopic (exact) mass is 368 g/mol. The standard InChI is InChI=1S/C17H22BrFN2O/c1-21-13-6-7-15(21)16(17(22)20-9-8-19)14(10-13)11-2-4-12(18)5-3-11/h2-5,13-16H,6-10H2,1H3,(H,20,22). The number of amides is 1. The molecule has 1 amide bonds. The van der Waals surface area contributed by atoms with Crippen LogP contribution in [0.2, 0.25) is 0 Å². The first kappa shape index (κ1) is 15.9. The van der Waals surface area contributed by atoms with Crippen molar-refractivity contribution in [2.75, 3.05) is 20.3 Å². The Morgan fingerprint density at radius 1 is 1.36 bits per heavy atom. The predicted octanol–water partition coefficient (Wildman–Crippen LogP) is 3.10. The van der Waals surface area contributed by atoms with Crippen molar-refractivity contribution in [1.29, 1.82) is 0 Å². The molecule has 0 saturated carbocycles. The van der Waals surface area contributed by atoms with Gasteiger partial charge in [-0.2, -0.15) is 0 Å². The van der Waals surface area contributed by atoms with Crippen LogP contribution in [-0.4, -0.2) is 43.2 Å². The molecular weight excluding hydrogens is 347 g/mol. The molecule has 4 atom stereocenters. The average Bonchev–Trinajstić information content (AvgIpc) is 2.75. The van der Waals surface area contributed by atoms with Crippen molar-refractivity contribution in [3.8, 4) is 0 Å². The Labute approximate surface area is 139 Å². The Morgan fingerprint density at radius 2 is 2.09 bits per heavy atom. The van der Waals surface area contributed by atoms with Crippen LogP contribution in [0.1, 0.15) is 30.7 Å². The smallest absolute Gasteiger partial charge is 0.225 e. The number of nitrogens with zero attached hydrogens (tertiary/aromatic N) is 1. The van der Waals surface area contributed by atoms with E-state index in [9.17, 15) is 9.18 Å². The number of carbonyl (C=O) groups excluding carboxylic acids is 1. The third kappa shape index (κ3) is 2.93. The number of alkyl halides is 1. The highest BCUT2D eigenvalue weighted by atomic mass is 79.9. The Kier molecular flexibility index (Phi) is 4.83. The second-order valence-corrected chi connectivity index (χ2v) is 7.28. The Hall–Kier alpha value is -0.940. The molecule has 1 aromatic carbocycles. The topological polar surface area (TPSA) is 32.3 Å². The minimum Gasteiger partial charge on any atom is -0.353 e. The Balaban J connectivity index is 1.88. The molecule has 22 heavy (non-hydrogen) atoms. The van der Waals surface area contributed by atoms with Gasteiger partial charge < -0.3 is 5.32 Å². The molecule has 2 fully saturated rings. The van der Waals surface area contributed by atoms with Gasteiger partial charge in [-0.05, 0) is 49.9 Å². The van der Waals surface area contributed by atoms with E-state index in [1.807, 2.05) is 12.1 Å². The van der Waals surface area contributed by atoms with Gasteiger partial charge in [-0.15, -0.1) is 0 Å². The van der Waals surface area contributed by atoms with Crippen LogP contribution in [0.25, 0.3) is 0 Å². The van der Waals surface area contributed by atoms with Crippen LogP contribution < -0.4 is 5.32 Å². The van der Waals surface area contributed by atoms with Gasteiger partial charge in [0.25, 0.3) is 0 Å². The minimum absolute atomic E-state index is 0.00256. The zero-order valence-corrected chi connectivity index (χ0v) is 14.4. The number of hydrogen-bond donors (Lipinski definition) is 1. The van der Waals surface area contributed by atoms with E-state index in [4.69, 9.17) is 0 Å². The van der Waals surface area contributed by atoms with Gasteiger partial charge in [0.05, 0.1) is 5.92 Å². The normalized spacial score (nSPS) is 31.2. The predicted molar refractivity (Wildman–Crippen MR) is 88.5 cm³/mol. The number of benzene rings is 1. The van der Waals surface area contributed by atoms with Gasteiger partial charge in [0.1, 0.15) is 6.67 Å². The second kappa shape index (κ2) is 6.67. The third-order valence-corrected chi connectivity index (χ3v) is 5.79. The van der Waals surface area contributed by atoms with E-state index >= 15 is 0 Å². The van der Waals surface area contributed by atoms with E-state index in [1.54, 1.807) is 0 Å². The van der Waals surface area contributed by atoms with E-state index < -0.39 is 6.67 Å². The highest BCUT2D eigenvalue weighted by Crippen LogP contribution is 2.46. The van der Waals surface area contributed by atoms with Crippen LogP contribution in [0.5, 0.6) is 0 Å². The van der Waals surface area contributed by atoms with Crippen molar-refractivity contribution >= 4 is 21.8 Å². The van der Waals surface area contributed by atoms with Crippen LogP contribution in [0.4, 0.5) is 4.39 Å². The largest absolute Gasteiger partial charge is 0.353 e. The highest BCUT2D eigenvalue weighted by Gasteiger charge is 2.48. The number of fused-ring (bicyclic) bond motifs is 2. The number of halogens is 2. The van der Waals surface area contributed by atoms with Crippen molar-refractivity contribution in [3.05, 3.63) is 34.3 Å². The summed E-state index contributed by atoms with van der Waals surface area (Å²) in [6.07, 6.45) is 3.21. The lowest BCUT2D eigenvalue weighted by Gasteiger charge is -2.42. The van der Waals surface area contributed by atoms with Crippen LogP contribution in [0.15, 0.2) is 28.7 Å². The van der Waals surface area contributed by atoms with Crippen molar-refractivity contribution < 1.29 is 9.18 Å². The van der Waals surface area contributed by atoms with Gasteiger partial charge in [0.2, 0.25) is 5.91 Å². The van der Waals surface area contributed by atoms with Gasteiger partial charge in [-0.1, -0.05) is 28.1 Å². The summed E-state index contributed by atoms with van der Waals surface area (Å²) in [4.78, 5) is 15.0. The maximum absolute atomic E-state index is 12.6. The first-order chi connectivity index (χ1) is 10.6. The molecule has 0 radical (unpaired) electrons. The molecule has 2 aliphatic heterocycles. The van der Waals surface area contributed by atoms with Crippen LogP contribution >= 0.6 is 15.9 Å². The maximum Gasteiger partial charge on any atom is 0.225 e. The zero-order valence-electron chi connectivity index (χ0n) is 12.8. The summed E-state index contributed by atoms with van der Waals surface area (Å²) in [6.45, 7) is -0.396. The summed E-state index contributed by atoms with van der Waals surface area (Å²) in [5.74, 6) is 0.139. The van der Waals surface area contributed by atoms with Gasteiger partial charge in [0, 0.05) is 23.1 Å². The molecule has 5 heteroatoms. The summed E-state index contributed by atoms with van der Waals surface area (Å²) in [7, 11) is 2.12. The second-order valence-electron chi connectivity index (χ2n) is 6.36. The fourth-order valence-corrected chi connectivity index (χ4v) is 4.43. The van der Waals surface area contributed by atoms with E-state index in [0.29, 0.717) is 6.04 Å². The maximum atomic E-state index is 12.6. The summed E-state index contributed by atoms with van der Waals surface area (Å²) in [5, 5.41) is 2.77. The van der Waals surface area contributed by atoms with Crippen LogP contribution in [-0.2, 0) is 4.79 Å². The van der Waals surface area contributed by atoms with Gasteiger partial charge in [-0.25, -0.2) is 4.39 Å². The molecule has 2 aliphatic rings. The molecule has 4 unspecified atom stereocenters. The van der Waals surface area contributed by atoms with Crippen LogP contribution in [0, 0.1) is 5.92 Å². The molecule has 2 bridgehead atoms. The van der Waals surface area contributed by atoms with Crippen LogP contribution in [0.3, 0.4) is 0 Å². The lowest BCUT2D eigenvalue weighted by atomic mass is 9.75. The minimum atomic E-state index is -0.509. The van der Waals surface area contributed by atoms with Crippen molar-refractivity contribution in [3.63, 3.8) is 0 Å². The van der Waals surface area contributed by atoms with E-state index in [1.165, 1.54) is 5.56 Å². The lowest BCUT2D eigenvalue weighted by molar-refractivity contribution is -0.129. The highest BCUT2D eigenvalue weighted by molar-refractivity contribution is 9.10. The molecule has 3 rings (SSSR count). The zero-order chi connectivity index (χ0) is 15.7. The van der Waals surface area contributed by atoms with Crippen molar-refractivity contribution in [2.45, 2.75) is 37.3 Å². The number of hydrogen-bond acceptors (Lipinski definition) is 2. The first-order valence-electron chi connectivity index (χ1n) is 7.93. The molecule has 120 valence electrons. The number of piperidine rings is 1. The number of carbonyl (C=O) groups is 1. The Morgan fingerprint density at radius 3 is 2.77 bits per heavy atom. The molecule has 0 spiro atoms. The van der Waals surface area contributed by atoms with Crippen molar-refractivity contribution in [2.24, 2.45) is 5.92 Å². The van der Waals surface area contributed by atoms with E-state index in [0.717, 1.165) is 23.7 Å². The summed E-state index contributed by atoms with van der Waals surface area (Å²) < 4.78 is 13.5. The molecule has 1 aromatic rings. The third-order valence-electron chi connectivity index (χ3n) is 5.26. The summed E-state index contributed by atoms with van der Waals surface area (Å²) in [6, 6.07) is 9.11.